The molecule has 0 saturated heterocycles. The molecule has 2 amide bonds. The highest BCUT2D eigenvalue weighted by molar-refractivity contribution is 6.04. The Labute approximate surface area is 153 Å². The molecule has 5 heteroatoms. The van der Waals surface area contributed by atoms with Crippen LogP contribution in [0.3, 0.4) is 0 Å². The first kappa shape index (κ1) is 17.7. The van der Waals surface area contributed by atoms with Crippen molar-refractivity contribution in [3.05, 3.63) is 71.4 Å². The van der Waals surface area contributed by atoms with Crippen molar-refractivity contribution < 1.29 is 9.59 Å². The second-order valence-electron chi connectivity index (χ2n) is 6.59. The number of hydrogen-bond acceptors (Lipinski definition) is 3. The Morgan fingerprint density at radius 1 is 1.04 bits per heavy atom. The summed E-state index contributed by atoms with van der Waals surface area (Å²) in [6, 6.07) is 16.5. The number of nitrogens with zero attached hydrogens (tertiary/aromatic N) is 2. The van der Waals surface area contributed by atoms with Crippen LogP contribution in [-0.4, -0.2) is 25.9 Å². The van der Waals surface area contributed by atoms with Gasteiger partial charge in [-0.1, -0.05) is 30.3 Å². The lowest BCUT2D eigenvalue weighted by Crippen LogP contribution is -2.47. The minimum atomic E-state index is -0.448. The summed E-state index contributed by atoms with van der Waals surface area (Å²) in [5.41, 5.74) is 3.95. The van der Waals surface area contributed by atoms with Gasteiger partial charge in [0.25, 0.3) is 0 Å². The second-order valence-corrected chi connectivity index (χ2v) is 6.59. The average Bonchev–Trinajstić information content (AvgIpc) is 2.61. The molecule has 0 aliphatic carbocycles. The van der Waals surface area contributed by atoms with Crippen LogP contribution < -0.4 is 15.1 Å². The molecule has 1 heterocycles. The second kappa shape index (κ2) is 7.04. The van der Waals surface area contributed by atoms with Crippen molar-refractivity contribution in [2.24, 2.45) is 0 Å². The number of rotatable bonds is 4. The summed E-state index contributed by atoms with van der Waals surface area (Å²) in [6.07, 6.45) is 0. The Morgan fingerprint density at radius 2 is 1.65 bits per heavy atom. The van der Waals surface area contributed by atoms with Gasteiger partial charge in [0.05, 0.1) is 11.7 Å². The number of ketones is 1. The Balaban J connectivity index is 2.06. The molecule has 0 spiro atoms. The highest BCUT2D eigenvalue weighted by atomic mass is 16.2. The lowest BCUT2D eigenvalue weighted by molar-refractivity contribution is -0.114. The quantitative estimate of drug-likeness (QED) is 0.911. The number of nitrogens with one attached hydrogen (secondary N) is 1. The number of hydrogen-bond donors (Lipinski definition) is 1. The zero-order valence-corrected chi connectivity index (χ0v) is 15.5. The maximum Gasteiger partial charge on any atom is 0.326 e. The van der Waals surface area contributed by atoms with Crippen LogP contribution in [0.2, 0.25) is 0 Å². The monoisotopic (exact) mass is 349 g/mol. The van der Waals surface area contributed by atoms with E-state index in [1.54, 1.807) is 11.8 Å². The molecule has 0 fully saturated rings. The van der Waals surface area contributed by atoms with E-state index in [-0.39, 0.29) is 11.8 Å². The first-order valence-electron chi connectivity index (χ1n) is 8.55. The van der Waals surface area contributed by atoms with Gasteiger partial charge in [-0.05, 0) is 43.7 Å². The molecule has 1 N–H and O–H groups in total. The van der Waals surface area contributed by atoms with Gasteiger partial charge in [0, 0.05) is 31.1 Å². The number of anilines is 2. The molecule has 1 aliphatic rings. The third kappa shape index (κ3) is 3.20. The molecule has 1 aliphatic heterocycles. The summed E-state index contributed by atoms with van der Waals surface area (Å²) < 4.78 is 0. The molecule has 0 unspecified atom stereocenters. The minimum Gasteiger partial charge on any atom is -0.378 e. The first-order valence-corrected chi connectivity index (χ1v) is 8.55. The maximum absolute atomic E-state index is 12.8. The van der Waals surface area contributed by atoms with Gasteiger partial charge < -0.3 is 10.2 Å². The predicted octanol–water partition coefficient (Wildman–Crippen LogP) is 3.89. The molecular formula is C21H23N3O2. The largest absolute Gasteiger partial charge is 0.378 e. The van der Waals surface area contributed by atoms with E-state index in [2.05, 4.69) is 5.32 Å². The van der Waals surface area contributed by atoms with Gasteiger partial charge in [0.2, 0.25) is 0 Å². The summed E-state index contributed by atoms with van der Waals surface area (Å²) in [5, 5.41) is 2.99. The standard InChI is InChI=1S/C21H23N3O2/c1-14-19(15(2)25)20(16-10-12-17(13-11-16)23(3)4)22-21(26)24(14)18-8-6-5-7-9-18/h5-13,20H,1-4H3,(H,22,26)/t20-/m1/s1. The topological polar surface area (TPSA) is 52.7 Å². The van der Waals surface area contributed by atoms with Gasteiger partial charge in [0.15, 0.2) is 5.78 Å². The Kier molecular flexibility index (Phi) is 4.80. The minimum absolute atomic E-state index is 0.0508. The number of carbonyl (C=O) groups is 2. The summed E-state index contributed by atoms with van der Waals surface area (Å²) in [4.78, 5) is 28.8. The number of urea groups is 1. The van der Waals surface area contributed by atoms with E-state index in [1.807, 2.05) is 80.5 Å². The van der Waals surface area contributed by atoms with Gasteiger partial charge in [-0.2, -0.15) is 0 Å². The van der Waals surface area contributed by atoms with Gasteiger partial charge in [-0.25, -0.2) is 4.79 Å². The summed E-state index contributed by atoms with van der Waals surface area (Å²) in [5.74, 6) is -0.0508. The zero-order chi connectivity index (χ0) is 18.8. The van der Waals surface area contributed by atoms with Crippen molar-refractivity contribution in [2.45, 2.75) is 19.9 Å². The van der Waals surface area contributed by atoms with E-state index in [9.17, 15) is 9.59 Å². The van der Waals surface area contributed by atoms with Crippen LogP contribution in [0.15, 0.2) is 65.9 Å². The van der Waals surface area contributed by atoms with E-state index in [0.717, 1.165) is 16.9 Å². The summed E-state index contributed by atoms with van der Waals surface area (Å²) in [7, 11) is 3.94. The molecule has 1 atom stereocenters. The smallest absolute Gasteiger partial charge is 0.326 e. The van der Waals surface area contributed by atoms with Crippen LogP contribution >= 0.6 is 0 Å². The Bertz CT molecular complexity index is 855. The highest BCUT2D eigenvalue weighted by Gasteiger charge is 2.34. The van der Waals surface area contributed by atoms with E-state index >= 15 is 0 Å². The molecule has 134 valence electrons. The van der Waals surface area contributed by atoms with E-state index in [4.69, 9.17) is 0 Å². The molecule has 0 saturated carbocycles. The van der Waals surface area contributed by atoms with Crippen molar-refractivity contribution >= 4 is 23.2 Å². The summed E-state index contributed by atoms with van der Waals surface area (Å²) >= 11 is 0. The van der Waals surface area contributed by atoms with Crippen molar-refractivity contribution in [2.75, 3.05) is 23.9 Å². The fourth-order valence-corrected chi connectivity index (χ4v) is 3.30. The zero-order valence-electron chi connectivity index (χ0n) is 15.5. The van der Waals surface area contributed by atoms with Gasteiger partial charge in [0.1, 0.15) is 0 Å². The molecule has 0 aromatic heterocycles. The van der Waals surface area contributed by atoms with E-state index in [0.29, 0.717) is 11.3 Å². The molecule has 3 rings (SSSR count). The van der Waals surface area contributed by atoms with Crippen LogP contribution in [0.5, 0.6) is 0 Å². The third-order valence-corrected chi connectivity index (χ3v) is 4.62. The Hall–Kier alpha value is -3.08. The van der Waals surface area contributed by atoms with Crippen molar-refractivity contribution in [1.82, 2.24) is 5.32 Å². The SMILES string of the molecule is CC(=O)C1=C(C)N(c2ccccc2)C(=O)N[C@@H]1c1ccc(N(C)C)cc1. The van der Waals surface area contributed by atoms with Crippen LogP contribution in [0.1, 0.15) is 25.5 Å². The van der Waals surface area contributed by atoms with Crippen LogP contribution in [0, 0.1) is 0 Å². The van der Waals surface area contributed by atoms with E-state index < -0.39 is 6.04 Å². The lowest BCUT2D eigenvalue weighted by Gasteiger charge is -2.35. The Morgan fingerprint density at radius 3 is 2.19 bits per heavy atom. The molecule has 2 aromatic carbocycles. The highest BCUT2D eigenvalue weighted by Crippen LogP contribution is 2.34. The van der Waals surface area contributed by atoms with Gasteiger partial charge >= 0.3 is 6.03 Å². The van der Waals surface area contributed by atoms with E-state index in [1.165, 1.54) is 0 Å². The number of para-hydroxylation sites is 1. The fourth-order valence-electron chi connectivity index (χ4n) is 3.30. The number of carbonyl (C=O) groups excluding carboxylic acids is 2. The van der Waals surface area contributed by atoms with Gasteiger partial charge in [-0.3, -0.25) is 9.69 Å². The van der Waals surface area contributed by atoms with Crippen molar-refractivity contribution in [3.63, 3.8) is 0 Å². The van der Waals surface area contributed by atoms with Crippen LogP contribution in [0.25, 0.3) is 0 Å². The van der Waals surface area contributed by atoms with Crippen LogP contribution in [0.4, 0.5) is 16.2 Å². The third-order valence-electron chi connectivity index (χ3n) is 4.62. The van der Waals surface area contributed by atoms with Crippen molar-refractivity contribution in [1.29, 1.82) is 0 Å². The normalized spacial score (nSPS) is 17.2. The fraction of sp³-hybridized carbons (Fsp3) is 0.238. The molecular weight excluding hydrogens is 326 g/mol. The molecule has 0 radical (unpaired) electrons. The summed E-state index contributed by atoms with van der Waals surface area (Å²) in [6.45, 7) is 3.37. The molecule has 26 heavy (non-hydrogen) atoms. The number of allylic oxidation sites excluding steroid dienone is 1. The lowest BCUT2D eigenvalue weighted by atomic mass is 9.92. The van der Waals surface area contributed by atoms with Gasteiger partial charge in [-0.15, -0.1) is 0 Å². The first-order chi connectivity index (χ1) is 12.4. The molecule has 2 aromatic rings. The number of Topliss-reactive ketones (excluding diaryl/α,β-unsaturated/α-hetero) is 1. The van der Waals surface area contributed by atoms with Crippen LogP contribution in [-0.2, 0) is 4.79 Å². The molecule has 5 nitrogen and oxygen atoms in total. The maximum atomic E-state index is 12.8. The predicted molar refractivity (Wildman–Crippen MR) is 104 cm³/mol. The number of benzene rings is 2. The number of amides is 2. The molecule has 0 bridgehead atoms. The average molecular weight is 349 g/mol. The van der Waals surface area contributed by atoms with Crippen molar-refractivity contribution in [3.8, 4) is 0 Å².